The van der Waals surface area contributed by atoms with Crippen LogP contribution in [0.25, 0.3) is 28.1 Å². The average molecular weight is 361 g/mol. The van der Waals surface area contributed by atoms with Crippen molar-refractivity contribution >= 4 is 16.6 Å². The molecule has 0 spiro atoms. The van der Waals surface area contributed by atoms with Gasteiger partial charge in [-0.25, -0.2) is 9.50 Å². The number of aliphatic hydroxyl groups excluding tert-OH is 1. The van der Waals surface area contributed by atoms with Gasteiger partial charge in [0.05, 0.1) is 18.0 Å². The van der Waals surface area contributed by atoms with Crippen molar-refractivity contribution in [3.8, 4) is 11.5 Å². The van der Waals surface area contributed by atoms with E-state index in [-0.39, 0.29) is 6.10 Å². The second-order valence-electron chi connectivity index (χ2n) is 7.54. The minimum absolute atomic E-state index is 0.103. The van der Waals surface area contributed by atoms with E-state index in [1.54, 1.807) is 0 Å². The third-order valence-electron chi connectivity index (χ3n) is 5.72. The van der Waals surface area contributed by atoms with E-state index >= 15 is 0 Å². The maximum atomic E-state index is 9.98. The second-order valence-corrected chi connectivity index (χ2v) is 7.54. The van der Waals surface area contributed by atoms with Crippen molar-refractivity contribution in [1.29, 1.82) is 0 Å². The van der Waals surface area contributed by atoms with Crippen LogP contribution in [0.2, 0.25) is 0 Å². The number of rotatable bonds is 5. The number of nitrogens with zero attached hydrogens (tertiary/aromatic N) is 3. The quantitative estimate of drug-likeness (QED) is 0.563. The molecule has 1 saturated carbocycles. The third kappa shape index (κ3) is 3.12. The Labute approximate surface area is 157 Å². The summed E-state index contributed by atoms with van der Waals surface area (Å²) in [5.74, 6) is 1.25. The first-order valence-electron chi connectivity index (χ1n) is 9.78. The van der Waals surface area contributed by atoms with E-state index in [1.165, 1.54) is 0 Å². The molecule has 1 fully saturated rings. The van der Waals surface area contributed by atoms with Gasteiger partial charge in [-0.15, -0.1) is 0 Å². The van der Waals surface area contributed by atoms with Gasteiger partial charge in [0.2, 0.25) is 0 Å². The summed E-state index contributed by atoms with van der Waals surface area (Å²) in [5, 5.41) is 15.9. The molecule has 27 heavy (non-hydrogen) atoms. The number of aryl methyl sites for hydroxylation is 1. The van der Waals surface area contributed by atoms with Crippen LogP contribution in [0.5, 0.6) is 0 Å². The van der Waals surface area contributed by atoms with Crippen LogP contribution in [-0.4, -0.2) is 25.8 Å². The molecule has 3 aromatic heterocycles. The fraction of sp³-hybridized carbons (Fsp3) is 0.364. The Morgan fingerprint density at radius 3 is 2.93 bits per heavy atom. The van der Waals surface area contributed by atoms with Gasteiger partial charge in [-0.3, -0.25) is 0 Å². The highest BCUT2D eigenvalue weighted by molar-refractivity contribution is 5.82. The minimum Gasteiger partial charge on any atom is -0.454 e. The van der Waals surface area contributed by atoms with Crippen LogP contribution in [0, 0.1) is 5.92 Å². The van der Waals surface area contributed by atoms with Gasteiger partial charge < -0.3 is 9.52 Å². The van der Waals surface area contributed by atoms with Gasteiger partial charge in [0, 0.05) is 5.39 Å². The molecule has 1 aliphatic carbocycles. The third-order valence-corrected chi connectivity index (χ3v) is 5.72. The molecule has 0 saturated heterocycles. The van der Waals surface area contributed by atoms with Crippen molar-refractivity contribution in [2.45, 2.75) is 44.6 Å². The molecule has 138 valence electrons. The molecule has 0 bridgehead atoms. The van der Waals surface area contributed by atoms with Crippen LogP contribution in [0.4, 0.5) is 0 Å². The predicted molar refractivity (Wildman–Crippen MR) is 104 cm³/mol. The van der Waals surface area contributed by atoms with Gasteiger partial charge in [-0.05, 0) is 62.3 Å². The fourth-order valence-corrected chi connectivity index (χ4v) is 4.22. The SMILES string of the molecule is OC1CCCC1CCCc1ccc2ncc(-c3cc4ccccc4o3)n2n1. The number of benzene rings is 1. The zero-order valence-corrected chi connectivity index (χ0v) is 15.2. The molecule has 1 aliphatic rings. The highest BCUT2D eigenvalue weighted by atomic mass is 16.3. The lowest BCUT2D eigenvalue weighted by atomic mass is 9.98. The smallest absolute Gasteiger partial charge is 0.155 e. The molecule has 2 atom stereocenters. The van der Waals surface area contributed by atoms with Gasteiger partial charge in [0.15, 0.2) is 11.4 Å². The van der Waals surface area contributed by atoms with Crippen LogP contribution in [0.1, 0.15) is 37.8 Å². The predicted octanol–water partition coefficient (Wildman–Crippen LogP) is 4.63. The Morgan fingerprint density at radius 1 is 1.15 bits per heavy atom. The summed E-state index contributed by atoms with van der Waals surface area (Å²) in [7, 11) is 0. The summed E-state index contributed by atoms with van der Waals surface area (Å²) in [6.07, 6.45) is 8.03. The summed E-state index contributed by atoms with van der Waals surface area (Å²) in [6, 6.07) is 14.1. The van der Waals surface area contributed by atoms with E-state index in [0.29, 0.717) is 5.92 Å². The van der Waals surface area contributed by atoms with E-state index in [0.717, 1.165) is 72.3 Å². The van der Waals surface area contributed by atoms with Crippen molar-refractivity contribution in [2.75, 3.05) is 0 Å². The lowest BCUT2D eigenvalue weighted by molar-refractivity contribution is 0.127. The number of furan rings is 1. The van der Waals surface area contributed by atoms with Crippen LogP contribution >= 0.6 is 0 Å². The molecule has 3 heterocycles. The largest absolute Gasteiger partial charge is 0.454 e. The molecule has 0 radical (unpaired) electrons. The summed E-state index contributed by atoms with van der Waals surface area (Å²) >= 11 is 0. The Balaban J connectivity index is 1.39. The molecule has 5 nitrogen and oxygen atoms in total. The van der Waals surface area contributed by atoms with E-state index in [4.69, 9.17) is 9.52 Å². The van der Waals surface area contributed by atoms with Gasteiger partial charge in [0.25, 0.3) is 0 Å². The summed E-state index contributed by atoms with van der Waals surface area (Å²) < 4.78 is 7.86. The van der Waals surface area contributed by atoms with Crippen molar-refractivity contribution in [3.63, 3.8) is 0 Å². The van der Waals surface area contributed by atoms with Crippen LogP contribution in [-0.2, 0) is 6.42 Å². The maximum absolute atomic E-state index is 9.98. The van der Waals surface area contributed by atoms with E-state index in [1.807, 2.05) is 47.1 Å². The Kier molecular flexibility index (Phi) is 4.17. The topological polar surface area (TPSA) is 63.6 Å². The number of aromatic nitrogens is 3. The zero-order valence-electron chi connectivity index (χ0n) is 15.2. The highest BCUT2D eigenvalue weighted by Gasteiger charge is 2.24. The lowest BCUT2D eigenvalue weighted by Crippen LogP contribution is -2.13. The molecule has 1 N–H and O–H groups in total. The van der Waals surface area contributed by atoms with Gasteiger partial charge in [0.1, 0.15) is 11.3 Å². The number of aliphatic hydroxyl groups is 1. The molecule has 1 aromatic carbocycles. The number of para-hydroxylation sites is 1. The summed E-state index contributed by atoms with van der Waals surface area (Å²) in [4.78, 5) is 4.47. The summed E-state index contributed by atoms with van der Waals surface area (Å²) in [5.41, 5.74) is 3.61. The molecule has 4 aromatic rings. The van der Waals surface area contributed by atoms with E-state index in [9.17, 15) is 5.11 Å². The molecular formula is C22H23N3O2. The standard InChI is InChI=1S/C22H23N3O2/c26-19-9-4-7-15(19)6-3-8-17-11-12-22-23-14-18(25(22)24-17)21-13-16-5-1-2-10-20(16)27-21/h1-2,5,10-15,19,26H,3-4,6-9H2. The van der Waals surface area contributed by atoms with Gasteiger partial charge in [-0.2, -0.15) is 5.10 Å². The van der Waals surface area contributed by atoms with Crippen LogP contribution < -0.4 is 0 Å². The molecule has 5 heteroatoms. The first-order valence-corrected chi connectivity index (χ1v) is 9.78. The van der Waals surface area contributed by atoms with Crippen molar-refractivity contribution in [2.24, 2.45) is 5.92 Å². The van der Waals surface area contributed by atoms with Crippen molar-refractivity contribution in [3.05, 3.63) is 54.4 Å². The first-order chi connectivity index (χ1) is 13.3. The minimum atomic E-state index is -0.103. The first kappa shape index (κ1) is 16.5. The molecular weight excluding hydrogens is 338 g/mol. The summed E-state index contributed by atoms with van der Waals surface area (Å²) in [6.45, 7) is 0. The van der Waals surface area contributed by atoms with Crippen LogP contribution in [0.3, 0.4) is 0 Å². The number of fused-ring (bicyclic) bond motifs is 2. The molecule has 0 amide bonds. The van der Waals surface area contributed by atoms with Gasteiger partial charge >= 0.3 is 0 Å². The average Bonchev–Trinajstić information content (AvgIpc) is 3.39. The number of hydrogen-bond acceptors (Lipinski definition) is 4. The fourth-order valence-electron chi connectivity index (χ4n) is 4.22. The molecule has 5 rings (SSSR count). The number of imidazole rings is 1. The molecule has 2 unspecified atom stereocenters. The van der Waals surface area contributed by atoms with Gasteiger partial charge in [-0.1, -0.05) is 24.6 Å². The monoisotopic (exact) mass is 361 g/mol. The Bertz CT molecular complexity index is 1050. The van der Waals surface area contributed by atoms with Crippen LogP contribution in [0.15, 0.2) is 53.1 Å². The lowest BCUT2D eigenvalue weighted by Gasteiger charge is -2.13. The Hall–Kier alpha value is -2.66. The highest BCUT2D eigenvalue weighted by Crippen LogP contribution is 2.30. The Morgan fingerprint density at radius 2 is 2.07 bits per heavy atom. The zero-order chi connectivity index (χ0) is 18.2. The molecule has 0 aliphatic heterocycles. The van der Waals surface area contributed by atoms with Crippen molar-refractivity contribution < 1.29 is 9.52 Å². The second kappa shape index (κ2) is 6.82. The maximum Gasteiger partial charge on any atom is 0.155 e. The van der Waals surface area contributed by atoms with E-state index < -0.39 is 0 Å². The van der Waals surface area contributed by atoms with Crippen molar-refractivity contribution in [1.82, 2.24) is 14.6 Å². The van der Waals surface area contributed by atoms with E-state index in [2.05, 4.69) is 11.1 Å². The normalized spacial score (nSPS) is 20.0. The number of hydrogen-bond donors (Lipinski definition) is 1.